The molecule has 0 fully saturated rings. The van der Waals surface area contributed by atoms with Crippen LogP contribution in [0.15, 0.2) is 0 Å². The van der Waals surface area contributed by atoms with E-state index >= 15 is 0 Å². The van der Waals surface area contributed by atoms with Gasteiger partial charge in [0.2, 0.25) is 0 Å². The standard InChI is InChI=1S/C7H12O3.Ag/c1-4(2)6(5(3)8)7(9)10;/h4,6H,1-3H3,(H,9,10);/q;+1/p-1. The molecule has 0 saturated heterocycles. The molecule has 0 radical (unpaired) electrons. The summed E-state index contributed by atoms with van der Waals surface area (Å²) in [4.78, 5) is 20.9. The zero-order chi connectivity index (χ0) is 8.31. The second-order valence-corrected chi connectivity index (χ2v) is 2.65. The second kappa shape index (κ2) is 5.52. The van der Waals surface area contributed by atoms with Gasteiger partial charge in [-0.25, -0.2) is 0 Å². The maximum atomic E-state index is 10.6. The third kappa shape index (κ3) is 4.35. The molecular formula is C7H11AgO3. The van der Waals surface area contributed by atoms with Gasteiger partial charge in [-0.05, 0) is 12.8 Å². The number of carbonyl (C=O) groups excluding carboxylic acids is 2. The molecule has 0 aliphatic heterocycles. The SMILES string of the molecule is CC(=O)C(C(=O)[O-])C(C)C.[Ag+]. The number of carbonyl (C=O) groups is 2. The predicted octanol–water partition coefficient (Wildman–Crippen LogP) is -0.405. The Kier molecular flexibility index (Phi) is 6.76. The first-order valence-corrected chi connectivity index (χ1v) is 3.18. The zero-order valence-electron chi connectivity index (χ0n) is 6.68. The molecular weight excluding hydrogens is 240 g/mol. The van der Waals surface area contributed by atoms with E-state index in [1.165, 1.54) is 6.92 Å². The summed E-state index contributed by atoms with van der Waals surface area (Å²) in [5.41, 5.74) is 0. The minimum Gasteiger partial charge on any atom is -0.549 e. The number of hydrogen-bond donors (Lipinski definition) is 0. The van der Waals surface area contributed by atoms with Crippen molar-refractivity contribution in [2.24, 2.45) is 11.8 Å². The van der Waals surface area contributed by atoms with Crippen molar-refractivity contribution < 1.29 is 37.1 Å². The Labute approximate surface area is 81.7 Å². The average Bonchev–Trinajstić information content (AvgIpc) is 1.59. The monoisotopic (exact) mass is 250 g/mol. The molecule has 0 amide bonds. The molecule has 0 aliphatic carbocycles. The second-order valence-electron chi connectivity index (χ2n) is 2.65. The van der Waals surface area contributed by atoms with Crippen molar-refractivity contribution in [2.45, 2.75) is 20.8 Å². The number of hydrogen-bond acceptors (Lipinski definition) is 3. The Morgan fingerprint density at radius 1 is 1.27 bits per heavy atom. The quantitative estimate of drug-likeness (QED) is 0.506. The fourth-order valence-corrected chi connectivity index (χ4v) is 0.908. The van der Waals surface area contributed by atoms with E-state index < -0.39 is 11.9 Å². The molecule has 0 aromatic carbocycles. The first-order chi connectivity index (χ1) is 4.46. The number of carboxylic acids is 1. The largest absolute Gasteiger partial charge is 1.00 e. The van der Waals surface area contributed by atoms with Gasteiger partial charge in [-0.3, -0.25) is 4.79 Å². The zero-order valence-corrected chi connectivity index (χ0v) is 8.16. The van der Waals surface area contributed by atoms with Gasteiger partial charge in [0.1, 0.15) is 5.78 Å². The van der Waals surface area contributed by atoms with Crippen LogP contribution in [0.1, 0.15) is 20.8 Å². The van der Waals surface area contributed by atoms with Crippen molar-refractivity contribution in [1.29, 1.82) is 0 Å². The summed E-state index contributed by atoms with van der Waals surface area (Å²) in [6.07, 6.45) is 0. The van der Waals surface area contributed by atoms with Gasteiger partial charge in [-0.1, -0.05) is 13.8 Å². The molecule has 0 rings (SSSR count). The van der Waals surface area contributed by atoms with E-state index in [9.17, 15) is 14.7 Å². The average molecular weight is 251 g/mol. The van der Waals surface area contributed by atoms with Crippen LogP contribution in [0.4, 0.5) is 0 Å². The van der Waals surface area contributed by atoms with Gasteiger partial charge in [0.15, 0.2) is 0 Å². The maximum Gasteiger partial charge on any atom is 1.00 e. The molecule has 1 atom stereocenters. The van der Waals surface area contributed by atoms with E-state index in [1.54, 1.807) is 13.8 Å². The van der Waals surface area contributed by atoms with E-state index in [1.807, 2.05) is 0 Å². The molecule has 1 unspecified atom stereocenters. The van der Waals surface area contributed by atoms with Gasteiger partial charge in [-0.2, -0.15) is 0 Å². The van der Waals surface area contributed by atoms with Crippen LogP contribution < -0.4 is 5.11 Å². The molecule has 4 heteroatoms. The van der Waals surface area contributed by atoms with Crippen molar-refractivity contribution in [3.8, 4) is 0 Å². The van der Waals surface area contributed by atoms with Crippen LogP contribution in [0.2, 0.25) is 0 Å². The normalized spacial score (nSPS) is 12.0. The van der Waals surface area contributed by atoms with E-state index in [0.717, 1.165) is 0 Å². The van der Waals surface area contributed by atoms with Crippen molar-refractivity contribution in [3.63, 3.8) is 0 Å². The van der Waals surface area contributed by atoms with E-state index in [2.05, 4.69) is 0 Å². The molecule has 0 aliphatic rings. The number of Topliss-reactive ketones (excluding diaryl/α,β-unsaturated/α-hetero) is 1. The van der Waals surface area contributed by atoms with Crippen LogP contribution in [0.3, 0.4) is 0 Å². The molecule has 0 aromatic rings. The van der Waals surface area contributed by atoms with Crippen LogP contribution in [-0.2, 0) is 32.0 Å². The van der Waals surface area contributed by atoms with Crippen LogP contribution in [0.5, 0.6) is 0 Å². The van der Waals surface area contributed by atoms with E-state index in [0.29, 0.717) is 0 Å². The van der Waals surface area contributed by atoms with Crippen molar-refractivity contribution >= 4 is 11.8 Å². The summed E-state index contributed by atoms with van der Waals surface area (Å²) >= 11 is 0. The van der Waals surface area contributed by atoms with Crippen molar-refractivity contribution in [2.75, 3.05) is 0 Å². The van der Waals surface area contributed by atoms with Crippen molar-refractivity contribution in [1.82, 2.24) is 0 Å². The molecule has 11 heavy (non-hydrogen) atoms. The van der Waals surface area contributed by atoms with Crippen molar-refractivity contribution in [3.05, 3.63) is 0 Å². The Morgan fingerprint density at radius 3 is 1.64 bits per heavy atom. The van der Waals surface area contributed by atoms with E-state index in [4.69, 9.17) is 0 Å². The Hall–Kier alpha value is -0.120. The van der Waals surface area contributed by atoms with Crippen LogP contribution >= 0.6 is 0 Å². The van der Waals surface area contributed by atoms with Gasteiger partial charge in [0.05, 0.1) is 11.9 Å². The number of ketones is 1. The topological polar surface area (TPSA) is 57.2 Å². The van der Waals surface area contributed by atoms with Gasteiger partial charge >= 0.3 is 22.4 Å². The van der Waals surface area contributed by atoms with E-state index in [-0.39, 0.29) is 34.1 Å². The Balaban J connectivity index is 0. The smallest absolute Gasteiger partial charge is 0.549 e. The fourth-order valence-electron chi connectivity index (χ4n) is 0.908. The van der Waals surface area contributed by atoms with Crippen LogP contribution in [-0.4, -0.2) is 11.8 Å². The summed E-state index contributed by atoms with van der Waals surface area (Å²) in [5.74, 6) is -2.74. The summed E-state index contributed by atoms with van der Waals surface area (Å²) in [6.45, 7) is 4.63. The number of aliphatic carboxylic acids is 1. The molecule has 0 heterocycles. The Morgan fingerprint density at radius 2 is 1.64 bits per heavy atom. The number of rotatable bonds is 3. The van der Waals surface area contributed by atoms with Crippen LogP contribution in [0.25, 0.3) is 0 Å². The van der Waals surface area contributed by atoms with Gasteiger partial charge < -0.3 is 9.90 Å². The molecule has 0 bridgehead atoms. The van der Waals surface area contributed by atoms with Gasteiger partial charge in [0, 0.05) is 0 Å². The minimum atomic E-state index is -1.28. The third-order valence-electron chi connectivity index (χ3n) is 1.36. The first kappa shape index (κ1) is 13.5. The van der Waals surface area contributed by atoms with Crippen LogP contribution in [0, 0.1) is 11.8 Å². The van der Waals surface area contributed by atoms with Gasteiger partial charge in [-0.15, -0.1) is 0 Å². The number of carboxylic acid groups (broad SMARTS) is 1. The first-order valence-electron chi connectivity index (χ1n) is 3.18. The predicted molar refractivity (Wildman–Crippen MR) is 34.0 cm³/mol. The molecule has 3 nitrogen and oxygen atoms in total. The maximum absolute atomic E-state index is 10.6. The third-order valence-corrected chi connectivity index (χ3v) is 1.36. The summed E-state index contributed by atoms with van der Waals surface area (Å²) in [7, 11) is 0. The molecule has 0 spiro atoms. The molecule has 0 saturated carbocycles. The summed E-state index contributed by atoms with van der Waals surface area (Å²) in [5, 5.41) is 10.3. The minimum absolute atomic E-state index is 0. The molecule has 0 N–H and O–H groups in total. The molecule has 0 aromatic heterocycles. The van der Waals surface area contributed by atoms with Gasteiger partial charge in [0.25, 0.3) is 0 Å². The summed E-state index contributed by atoms with van der Waals surface area (Å²) < 4.78 is 0. The fraction of sp³-hybridized carbons (Fsp3) is 0.714. The summed E-state index contributed by atoms with van der Waals surface area (Å²) in [6, 6.07) is 0. The Bertz CT molecular complexity index is 140. The molecule has 68 valence electrons.